The molecule has 0 spiro atoms. The van der Waals surface area contributed by atoms with Crippen LogP contribution >= 0.6 is 12.4 Å². The average Bonchev–Trinajstić information content (AvgIpc) is 2.96. The summed E-state index contributed by atoms with van der Waals surface area (Å²) in [5.41, 5.74) is 2.29. The number of benzene rings is 3. The van der Waals surface area contributed by atoms with Crippen molar-refractivity contribution < 1.29 is 18.7 Å². The van der Waals surface area contributed by atoms with Gasteiger partial charge in [0.2, 0.25) is 5.43 Å². The Morgan fingerprint density at radius 1 is 0.805 bits per heavy atom. The molecule has 1 N–H and O–H groups in total. The first-order valence-electron chi connectivity index (χ1n) is 14.3. The van der Waals surface area contributed by atoms with Gasteiger partial charge in [0.15, 0.2) is 0 Å². The average molecular weight is 581 g/mol. The maximum atomic E-state index is 12.7. The zero-order valence-corrected chi connectivity index (χ0v) is 24.8. The van der Waals surface area contributed by atoms with E-state index in [-0.39, 0.29) is 17.8 Å². The quantitative estimate of drug-likeness (QED) is 0.114. The molecule has 8 heteroatoms. The van der Waals surface area contributed by atoms with E-state index < -0.39 is 6.09 Å². The molecule has 0 unspecified atom stereocenters. The van der Waals surface area contributed by atoms with Crippen molar-refractivity contribution >= 4 is 40.4 Å². The van der Waals surface area contributed by atoms with E-state index in [4.69, 9.17) is 13.9 Å². The monoisotopic (exact) mass is 580 g/mol. The van der Waals surface area contributed by atoms with Gasteiger partial charge >= 0.3 is 6.09 Å². The standard InChI is InChI=1S/C33H40N2O5.ClH/c1-34-33(37)39-27-15-13-14-25(22-27)24-35(2)20-11-7-5-3-4-6-8-12-21-38-26-18-19-29-31(23-26)40-30-17-10-9-16-28(30)32(29)36;/h9-10,13-19,22-23H,3-8,11-12,20-21,24H2,1-2H3,(H,34,37);1H. The molecule has 0 bridgehead atoms. The molecule has 0 radical (unpaired) electrons. The van der Waals surface area contributed by atoms with Crippen LogP contribution in [0.2, 0.25) is 0 Å². The molecule has 0 aliphatic heterocycles. The number of rotatable bonds is 15. The first-order chi connectivity index (χ1) is 19.5. The van der Waals surface area contributed by atoms with Gasteiger partial charge in [0.1, 0.15) is 22.7 Å². The first-order valence-corrected chi connectivity index (χ1v) is 14.3. The van der Waals surface area contributed by atoms with Crippen LogP contribution < -0.4 is 20.2 Å². The molecule has 0 aliphatic rings. The van der Waals surface area contributed by atoms with Crippen LogP contribution in [0.1, 0.15) is 56.9 Å². The number of nitrogens with one attached hydrogen (secondary N) is 1. The number of nitrogens with zero attached hydrogens (tertiary/aromatic N) is 1. The summed E-state index contributed by atoms with van der Waals surface area (Å²) in [6.45, 7) is 2.54. The molecule has 4 aromatic rings. The number of amides is 1. The summed E-state index contributed by atoms with van der Waals surface area (Å²) < 4.78 is 17.1. The second-order valence-corrected chi connectivity index (χ2v) is 10.3. The van der Waals surface area contributed by atoms with E-state index >= 15 is 0 Å². The molecular weight excluding hydrogens is 540 g/mol. The minimum absolute atomic E-state index is 0. The summed E-state index contributed by atoms with van der Waals surface area (Å²) in [6.07, 6.45) is 9.13. The van der Waals surface area contributed by atoms with Crippen LogP contribution in [0, 0.1) is 0 Å². The van der Waals surface area contributed by atoms with Crippen LogP contribution in [0.25, 0.3) is 21.9 Å². The number of carbonyl (C=O) groups is 1. The summed E-state index contributed by atoms with van der Waals surface area (Å²) in [4.78, 5) is 26.4. The van der Waals surface area contributed by atoms with Crippen molar-refractivity contribution in [2.75, 3.05) is 27.2 Å². The summed E-state index contributed by atoms with van der Waals surface area (Å²) in [5.74, 6) is 1.30. The maximum absolute atomic E-state index is 12.7. The highest BCUT2D eigenvalue weighted by Crippen LogP contribution is 2.23. The highest BCUT2D eigenvalue weighted by molar-refractivity contribution is 5.90. The SMILES string of the molecule is CNC(=O)Oc1cccc(CN(C)CCCCCCCCCCOc2ccc3c(=O)c4ccccc4oc3c2)c1.Cl. The third kappa shape index (κ3) is 9.80. The molecule has 220 valence electrons. The van der Waals surface area contributed by atoms with E-state index in [1.807, 2.05) is 42.5 Å². The van der Waals surface area contributed by atoms with Crippen LogP contribution in [0.3, 0.4) is 0 Å². The lowest BCUT2D eigenvalue weighted by molar-refractivity contribution is 0.203. The van der Waals surface area contributed by atoms with Gasteiger partial charge in [-0.15, -0.1) is 12.4 Å². The number of halogens is 1. The second kappa shape index (κ2) is 16.7. The molecule has 0 aliphatic carbocycles. The predicted octanol–water partition coefficient (Wildman–Crippen LogP) is 7.72. The number of unbranched alkanes of at least 4 members (excludes halogenated alkanes) is 7. The highest BCUT2D eigenvalue weighted by Gasteiger charge is 2.08. The van der Waals surface area contributed by atoms with Crippen LogP contribution in [0.4, 0.5) is 4.79 Å². The molecule has 1 heterocycles. The third-order valence-electron chi connectivity index (χ3n) is 7.02. The summed E-state index contributed by atoms with van der Waals surface area (Å²) >= 11 is 0. The lowest BCUT2D eigenvalue weighted by Crippen LogP contribution is -2.22. The molecule has 41 heavy (non-hydrogen) atoms. The minimum atomic E-state index is -0.453. The zero-order valence-electron chi connectivity index (χ0n) is 24.0. The van der Waals surface area contributed by atoms with Gasteiger partial charge in [0, 0.05) is 19.7 Å². The van der Waals surface area contributed by atoms with Gasteiger partial charge in [-0.1, -0.05) is 62.8 Å². The van der Waals surface area contributed by atoms with E-state index in [1.165, 1.54) is 38.5 Å². The number of carbonyl (C=O) groups excluding carboxylic acids is 1. The Morgan fingerprint density at radius 2 is 1.51 bits per heavy atom. The van der Waals surface area contributed by atoms with E-state index in [9.17, 15) is 9.59 Å². The topological polar surface area (TPSA) is 81.0 Å². The van der Waals surface area contributed by atoms with Crippen molar-refractivity contribution in [1.29, 1.82) is 0 Å². The van der Waals surface area contributed by atoms with Crippen molar-refractivity contribution in [3.63, 3.8) is 0 Å². The molecule has 4 rings (SSSR count). The normalized spacial score (nSPS) is 11.0. The van der Waals surface area contributed by atoms with Gasteiger partial charge < -0.3 is 24.1 Å². The smallest absolute Gasteiger partial charge is 0.412 e. The fraction of sp³-hybridized carbons (Fsp3) is 0.394. The molecule has 7 nitrogen and oxygen atoms in total. The van der Waals surface area contributed by atoms with Crippen LogP contribution in [0.15, 0.2) is 75.9 Å². The Bertz CT molecular complexity index is 1450. The summed E-state index contributed by atoms with van der Waals surface area (Å²) in [5, 5.41) is 3.65. The van der Waals surface area contributed by atoms with E-state index in [1.54, 1.807) is 25.2 Å². The first kappa shape index (κ1) is 32.0. The molecule has 0 atom stereocenters. The second-order valence-electron chi connectivity index (χ2n) is 10.3. The van der Waals surface area contributed by atoms with Gasteiger partial charge in [-0.05, 0) is 68.4 Å². The lowest BCUT2D eigenvalue weighted by atomic mass is 10.1. The van der Waals surface area contributed by atoms with Crippen molar-refractivity contribution in [2.24, 2.45) is 0 Å². The van der Waals surface area contributed by atoms with Crippen molar-refractivity contribution in [3.05, 3.63) is 82.5 Å². The molecular formula is C33H41ClN2O5. The van der Waals surface area contributed by atoms with Gasteiger partial charge in [-0.3, -0.25) is 4.79 Å². The number of ether oxygens (including phenoxy) is 2. The van der Waals surface area contributed by atoms with Gasteiger partial charge in [0.25, 0.3) is 0 Å². The molecule has 1 aromatic heterocycles. The zero-order chi connectivity index (χ0) is 28.2. The van der Waals surface area contributed by atoms with Gasteiger partial charge in [-0.25, -0.2) is 4.79 Å². The highest BCUT2D eigenvalue weighted by atomic mass is 35.5. The van der Waals surface area contributed by atoms with Crippen molar-refractivity contribution in [3.8, 4) is 11.5 Å². The molecule has 0 saturated carbocycles. The number of fused-ring (bicyclic) bond motifs is 2. The number of hydrogen-bond donors (Lipinski definition) is 1. The fourth-order valence-corrected chi connectivity index (χ4v) is 4.86. The molecule has 0 saturated heterocycles. The van der Waals surface area contributed by atoms with Gasteiger partial charge in [0.05, 0.1) is 17.4 Å². The Morgan fingerprint density at radius 3 is 2.29 bits per heavy atom. The molecule has 0 fully saturated rings. The van der Waals surface area contributed by atoms with Gasteiger partial charge in [-0.2, -0.15) is 0 Å². The third-order valence-corrected chi connectivity index (χ3v) is 7.02. The van der Waals surface area contributed by atoms with Crippen LogP contribution in [0.5, 0.6) is 11.5 Å². The fourth-order valence-electron chi connectivity index (χ4n) is 4.86. The Hall–Kier alpha value is -3.55. The lowest BCUT2D eigenvalue weighted by Gasteiger charge is -2.17. The van der Waals surface area contributed by atoms with Crippen LogP contribution in [-0.2, 0) is 6.54 Å². The minimum Gasteiger partial charge on any atom is -0.493 e. The molecule has 3 aromatic carbocycles. The van der Waals surface area contributed by atoms with E-state index in [0.29, 0.717) is 34.3 Å². The summed E-state index contributed by atoms with van der Waals surface area (Å²) in [6, 6.07) is 20.5. The molecule has 1 amide bonds. The number of para-hydroxylation sites is 1. The Kier molecular flexibility index (Phi) is 13.0. The Labute approximate surface area is 248 Å². The number of hydrogen-bond acceptors (Lipinski definition) is 6. The predicted molar refractivity (Wildman–Crippen MR) is 168 cm³/mol. The van der Waals surface area contributed by atoms with Crippen LogP contribution in [-0.4, -0.2) is 38.2 Å². The van der Waals surface area contributed by atoms with Crippen molar-refractivity contribution in [2.45, 2.75) is 57.9 Å². The van der Waals surface area contributed by atoms with Crippen molar-refractivity contribution in [1.82, 2.24) is 10.2 Å². The Balaban J connectivity index is 0.00000462. The summed E-state index contributed by atoms with van der Waals surface area (Å²) in [7, 11) is 3.68. The largest absolute Gasteiger partial charge is 0.493 e. The van der Waals surface area contributed by atoms with E-state index in [2.05, 4.69) is 23.3 Å². The van der Waals surface area contributed by atoms with E-state index in [0.717, 1.165) is 37.2 Å². The maximum Gasteiger partial charge on any atom is 0.412 e.